The topological polar surface area (TPSA) is 24.9 Å². The third kappa shape index (κ3) is 2.92. The normalized spacial score (nSPS) is 12.4. The summed E-state index contributed by atoms with van der Waals surface area (Å²) in [4.78, 5) is 4.29. The Bertz CT molecular complexity index is 428. The van der Waals surface area contributed by atoms with Gasteiger partial charge >= 0.3 is 0 Å². The quantitative estimate of drug-likeness (QED) is 0.863. The fourth-order valence-electron chi connectivity index (χ4n) is 1.34. The summed E-state index contributed by atoms with van der Waals surface area (Å²) >= 11 is 3.94. The molecular formula is C11H11IN2S. The van der Waals surface area contributed by atoms with Crippen molar-refractivity contribution >= 4 is 39.6 Å². The summed E-state index contributed by atoms with van der Waals surface area (Å²) in [5, 5.41) is 5.50. The Hall–Kier alpha value is -0.620. The van der Waals surface area contributed by atoms with Gasteiger partial charge in [0.1, 0.15) is 0 Å². The fourth-order valence-corrected chi connectivity index (χ4v) is 2.53. The molecule has 15 heavy (non-hydrogen) atoms. The fraction of sp³-hybridized carbons (Fsp3) is 0.182. The molecule has 1 atom stereocenters. The van der Waals surface area contributed by atoms with Gasteiger partial charge in [0.2, 0.25) is 0 Å². The van der Waals surface area contributed by atoms with Crippen molar-refractivity contribution < 1.29 is 0 Å². The van der Waals surface area contributed by atoms with E-state index in [0.717, 1.165) is 11.4 Å². The van der Waals surface area contributed by atoms with Crippen LogP contribution in [0.2, 0.25) is 0 Å². The number of aromatic nitrogens is 1. The minimum atomic E-state index is 0.259. The predicted molar refractivity (Wildman–Crippen MR) is 73.3 cm³/mol. The van der Waals surface area contributed by atoms with Crippen molar-refractivity contribution in [2.24, 2.45) is 0 Å². The smallest absolute Gasteiger partial charge is 0.0795 e. The third-order valence-electron chi connectivity index (χ3n) is 2.10. The Morgan fingerprint density at radius 2 is 2.33 bits per heavy atom. The molecule has 0 aliphatic heterocycles. The maximum absolute atomic E-state index is 4.29. The second-order valence-corrected chi connectivity index (χ2v) is 5.25. The van der Waals surface area contributed by atoms with Crippen LogP contribution in [0.25, 0.3) is 0 Å². The number of hydrogen-bond donors (Lipinski definition) is 1. The number of rotatable bonds is 3. The molecule has 1 heterocycles. The van der Waals surface area contributed by atoms with Gasteiger partial charge in [-0.25, -0.2) is 4.98 Å². The highest BCUT2D eigenvalue weighted by molar-refractivity contribution is 14.1. The number of thiazole rings is 1. The van der Waals surface area contributed by atoms with E-state index in [1.54, 1.807) is 11.3 Å². The van der Waals surface area contributed by atoms with Crippen LogP contribution >= 0.6 is 33.9 Å². The molecule has 0 aliphatic rings. The molecule has 0 bridgehead atoms. The van der Waals surface area contributed by atoms with Gasteiger partial charge in [0, 0.05) is 14.6 Å². The first kappa shape index (κ1) is 10.9. The van der Waals surface area contributed by atoms with Crippen LogP contribution in [-0.2, 0) is 0 Å². The molecule has 2 rings (SSSR count). The van der Waals surface area contributed by atoms with E-state index in [4.69, 9.17) is 0 Å². The van der Waals surface area contributed by atoms with Crippen molar-refractivity contribution in [3.05, 3.63) is 44.4 Å². The zero-order valence-corrected chi connectivity index (χ0v) is 11.2. The van der Waals surface area contributed by atoms with E-state index in [0.29, 0.717) is 0 Å². The highest BCUT2D eigenvalue weighted by Crippen LogP contribution is 2.20. The van der Waals surface area contributed by atoms with E-state index >= 15 is 0 Å². The molecule has 1 N–H and O–H groups in total. The maximum Gasteiger partial charge on any atom is 0.0795 e. The molecule has 1 aromatic carbocycles. The molecule has 2 nitrogen and oxygen atoms in total. The highest BCUT2D eigenvalue weighted by Gasteiger charge is 2.06. The molecule has 0 amide bonds. The van der Waals surface area contributed by atoms with E-state index in [-0.39, 0.29) is 6.04 Å². The number of anilines is 1. The lowest BCUT2D eigenvalue weighted by Gasteiger charge is -2.13. The second-order valence-electron chi connectivity index (χ2n) is 3.29. The maximum atomic E-state index is 4.29. The van der Waals surface area contributed by atoms with E-state index in [9.17, 15) is 0 Å². The minimum Gasteiger partial charge on any atom is -0.377 e. The molecule has 0 saturated heterocycles. The van der Waals surface area contributed by atoms with Crippen LogP contribution in [0.15, 0.2) is 35.2 Å². The van der Waals surface area contributed by atoms with Crippen molar-refractivity contribution in [1.29, 1.82) is 0 Å². The summed E-state index contributed by atoms with van der Waals surface area (Å²) in [6, 6.07) is 8.60. The molecule has 4 heteroatoms. The molecular weight excluding hydrogens is 319 g/mol. The van der Waals surface area contributed by atoms with Crippen LogP contribution in [0.3, 0.4) is 0 Å². The number of benzene rings is 1. The third-order valence-corrected chi connectivity index (χ3v) is 3.38. The highest BCUT2D eigenvalue weighted by atomic mass is 127. The van der Waals surface area contributed by atoms with Crippen LogP contribution in [0.5, 0.6) is 0 Å². The Balaban J connectivity index is 2.09. The van der Waals surface area contributed by atoms with Crippen LogP contribution in [0, 0.1) is 3.57 Å². The van der Waals surface area contributed by atoms with E-state index in [2.05, 4.69) is 69.5 Å². The second kappa shape index (κ2) is 4.94. The summed E-state index contributed by atoms with van der Waals surface area (Å²) < 4.78 is 1.24. The van der Waals surface area contributed by atoms with Gasteiger partial charge in [-0.1, -0.05) is 6.07 Å². The molecule has 2 aromatic rings. The van der Waals surface area contributed by atoms with Gasteiger partial charge in [0.15, 0.2) is 0 Å². The monoisotopic (exact) mass is 330 g/mol. The molecule has 78 valence electrons. The molecule has 0 spiro atoms. The minimum absolute atomic E-state index is 0.259. The summed E-state index contributed by atoms with van der Waals surface area (Å²) in [5.74, 6) is 0. The summed E-state index contributed by atoms with van der Waals surface area (Å²) in [7, 11) is 0. The molecule has 0 saturated carbocycles. The zero-order valence-electron chi connectivity index (χ0n) is 8.27. The largest absolute Gasteiger partial charge is 0.377 e. The molecule has 0 radical (unpaired) electrons. The lowest BCUT2D eigenvalue weighted by molar-refractivity contribution is 0.850. The average molecular weight is 330 g/mol. The molecule has 0 aliphatic carbocycles. The zero-order chi connectivity index (χ0) is 10.7. The van der Waals surface area contributed by atoms with E-state index < -0.39 is 0 Å². The average Bonchev–Trinajstić information content (AvgIpc) is 2.70. The Kier molecular flexibility index (Phi) is 3.58. The van der Waals surface area contributed by atoms with Crippen molar-refractivity contribution in [3.8, 4) is 0 Å². The van der Waals surface area contributed by atoms with Gasteiger partial charge in [0.25, 0.3) is 0 Å². The Morgan fingerprint density at radius 3 is 3.00 bits per heavy atom. The molecule has 1 unspecified atom stereocenters. The number of halogens is 1. The Morgan fingerprint density at radius 1 is 1.47 bits per heavy atom. The SMILES string of the molecule is CC(Nc1cccc(I)c1)c1cscn1. The lowest BCUT2D eigenvalue weighted by Crippen LogP contribution is -2.06. The first-order chi connectivity index (χ1) is 7.25. The van der Waals surface area contributed by atoms with Gasteiger partial charge in [-0.2, -0.15) is 0 Å². The van der Waals surface area contributed by atoms with E-state index in [1.807, 2.05) is 5.51 Å². The van der Waals surface area contributed by atoms with Gasteiger partial charge < -0.3 is 5.32 Å². The van der Waals surface area contributed by atoms with Gasteiger partial charge in [-0.15, -0.1) is 11.3 Å². The summed E-state index contributed by atoms with van der Waals surface area (Å²) in [5.41, 5.74) is 4.10. The van der Waals surface area contributed by atoms with Crippen molar-refractivity contribution in [2.45, 2.75) is 13.0 Å². The van der Waals surface area contributed by atoms with Crippen molar-refractivity contribution in [2.75, 3.05) is 5.32 Å². The van der Waals surface area contributed by atoms with Crippen LogP contribution in [0.1, 0.15) is 18.7 Å². The Labute approximate surface area is 107 Å². The summed E-state index contributed by atoms with van der Waals surface area (Å²) in [6.45, 7) is 2.12. The first-order valence-corrected chi connectivity index (χ1v) is 6.68. The van der Waals surface area contributed by atoms with Crippen molar-refractivity contribution in [1.82, 2.24) is 4.98 Å². The standard InChI is InChI=1S/C11H11IN2S/c1-8(11-6-15-7-13-11)14-10-4-2-3-9(12)5-10/h2-8,14H,1H3. The van der Waals surface area contributed by atoms with Gasteiger partial charge in [-0.05, 0) is 47.7 Å². The van der Waals surface area contributed by atoms with Gasteiger partial charge in [-0.3, -0.25) is 0 Å². The van der Waals surface area contributed by atoms with Crippen LogP contribution in [0.4, 0.5) is 5.69 Å². The molecule has 0 fully saturated rings. The predicted octanol–water partition coefficient (Wildman–Crippen LogP) is 3.92. The number of nitrogens with one attached hydrogen (secondary N) is 1. The number of hydrogen-bond acceptors (Lipinski definition) is 3. The van der Waals surface area contributed by atoms with Crippen LogP contribution < -0.4 is 5.32 Å². The lowest BCUT2D eigenvalue weighted by atomic mass is 10.2. The first-order valence-electron chi connectivity index (χ1n) is 4.66. The van der Waals surface area contributed by atoms with Crippen molar-refractivity contribution in [3.63, 3.8) is 0 Å². The van der Waals surface area contributed by atoms with Crippen LogP contribution in [-0.4, -0.2) is 4.98 Å². The molecule has 1 aromatic heterocycles. The van der Waals surface area contributed by atoms with E-state index in [1.165, 1.54) is 3.57 Å². The number of nitrogens with zero attached hydrogens (tertiary/aromatic N) is 1. The summed E-state index contributed by atoms with van der Waals surface area (Å²) in [6.07, 6.45) is 0. The van der Waals surface area contributed by atoms with Gasteiger partial charge in [0.05, 0.1) is 17.2 Å².